The molecule has 0 fully saturated rings. The van der Waals surface area contributed by atoms with Gasteiger partial charge < -0.3 is 9.47 Å². The van der Waals surface area contributed by atoms with Gasteiger partial charge in [-0.3, -0.25) is 19.1 Å². The highest BCUT2D eigenvalue weighted by molar-refractivity contribution is 7.18. The summed E-state index contributed by atoms with van der Waals surface area (Å²) in [6.07, 6.45) is 0.920. The van der Waals surface area contributed by atoms with E-state index in [1.165, 1.54) is 15.9 Å². The molecule has 0 radical (unpaired) electrons. The Morgan fingerprint density at radius 2 is 1.86 bits per heavy atom. The summed E-state index contributed by atoms with van der Waals surface area (Å²) in [6, 6.07) is 0. The summed E-state index contributed by atoms with van der Waals surface area (Å²) in [5.74, 6) is 0.149. The summed E-state index contributed by atoms with van der Waals surface area (Å²) in [7, 11) is 0. The van der Waals surface area contributed by atoms with Gasteiger partial charge in [0.25, 0.3) is 5.56 Å². The topological polar surface area (TPSA) is 73.7 Å². The molecule has 0 aliphatic rings. The van der Waals surface area contributed by atoms with Crippen LogP contribution in [0.1, 0.15) is 43.5 Å². The largest absolute Gasteiger partial charge is 0.462 e. The summed E-state index contributed by atoms with van der Waals surface area (Å²) in [4.78, 5) is 34.2. The highest BCUT2D eigenvalue weighted by Crippen LogP contribution is 2.26. The van der Waals surface area contributed by atoms with Crippen LogP contribution in [-0.2, 0) is 27.4 Å². The fourth-order valence-corrected chi connectivity index (χ4v) is 3.97. The number of hydrogen-bond donors (Lipinski definition) is 0. The Labute approximate surface area is 170 Å². The van der Waals surface area contributed by atoms with Crippen molar-refractivity contribution in [3.63, 3.8) is 0 Å². The molecule has 0 amide bonds. The predicted octanol–water partition coefficient (Wildman–Crippen LogP) is 2.89. The summed E-state index contributed by atoms with van der Waals surface area (Å²) < 4.78 is 12.0. The maximum Gasteiger partial charge on any atom is 0.326 e. The molecule has 0 N–H and O–H groups in total. The molecule has 0 atom stereocenters. The molecule has 7 nitrogen and oxygen atoms in total. The van der Waals surface area contributed by atoms with Gasteiger partial charge in [-0.2, -0.15) is 0 Å². The first-order chi connectivity index (χ1) is 13.4. The molecule has 0 saturated heterocycles. The summed E-state index contributed by atoms with van der Waals surface area (Å²) in [5, 5.41) is 0.602. The van der Waals surface area contributed by atoms with E-state index in [1.807, 2.05) is 20.8 Å². The zero-order valence-corrected chi connectivity index (χ0v) is 18.4. The Kier molecular flexibility index (Phi) is 8.59. The first-order valence-electron chi connectivity index (χ1n) is 9.87. The molecule has 0 spiro atoms. The van der Waals surface area contributed by atoms with Crippen molar-refractivity contribution in [2.24, 2.45) is 0 Å². The third kappa shape index (κ3) is 5.40. The Morgan fingerprint density at radius 3 is 2.50 bits per heavy atom. The molecule has 2 aromatic rings. The van der Waals surface area contributed by atoms with Gasteiger partial charge in [-0.1, -0.05) is 20.8 Å². The van der Waals surface area contributed by atoms with E-state index in [1.54, 1.807) is 0 Å². The molecule has 2 rings (SSSR count). The number of hydrogen-bond acceptors (Lipinski definition) is 7. The van der Waals surface area contributed by atoms with Gasteiger partial charge in [-0.05, 0) is 38.9 Å². The zero-order chi connectivity index (χ0) is 20.7. The second-order valence-corrected chi connectivity index (χ2v) is 7.88. The Morgan fingerprint density at radius 1 is 1.14 bits per heavy atom. The minimum atomic E-state index is -0.450. The van der Waals surface area contributed by atoms with E-state index in [0.717, 1.165) is 34.8 Å². The van der Waals surface area contributed by atoms with Gasteiger partial charge in [0.1, 0.15) is 23.8 Å². The number of carbonyl (C=O) groups excluding carboxylic acids is 1. The molecule has 0 aromatic carbocycles. The van der Waals surface area contributed by atoms with E-state index in [0.29, 0.717) is 31.0 Å². The van der Waals surface area contributed by atoms with E-state index >= 15 is 0 Å². The van der Waals surface area contributed by atoms with Crippen LogP contribution in [0.2, 0.25) is 0 Å². The van der Waals surface area contributed by atoms with Crippen molar-refractivity contribution in [1.82, 2.24) is 14.5 Å². The van der Waals surface area contributed by atoms with Crippen LogP contribution in [0.4, 0.5) is 0 Å². The van der Waals surface area contributed by atoms with Crippen molar-refractivity contribution < 1.29 is 14.3 Å². The van der Waals surface area contributed by atoms with Gasteiger partial charge in [0, 0.05) is 11.5 Å². The third-order valence-corrected chi connectivity index (χ3v) is 5.85. The van der Waals surface area contributed by atoms with Crippen LogP contribution in [0.15, 0.2) is 4.79 Å². The average Bonchev–Trinajstić information content (AvgIpc) is 2.96. The van der Waals surface area contributed by atoms with Crippen LogP contribution >= 0.6 is 11.3 Å². The average molecular weight is 410 g/mol. The first kappa shape index (κ1) is 22.5. The SMILES string of the molecule is CCCOCCOC(=O)Cn1c(CN(CC)CC)nc2sc(C)c(C)c2c1=O. The second-order valence-electron chi connectivity index (χ2n) is 6.68. The molecule has 0 aliphatic heterocycles. The highest BCUT2D eigenvalue weighted by Gasteiger charge is 2.19. The first-order valence-corrected chi connectivity index (χ1v) is 10.7. The van der Waals surface area contributed by atoms with Crippen molar-refractivity contribution in [3.8, 4) is 0 Å². The standard InChI is InChI=1S/C20H31N3O4S/c1-6-9-26-10-11-27-17(24)13-23-16(12-22(7-2)8-3)21-19-18(20(23)25)14(4)15(5)28-19/h6-13H2,1-5H3. The van der Waals surface area contributed by atoms with Gasteiger partial charge >= 0.3 is 5.97 Å². The molecule has 156 valence electrons. The van der Waals surface area contributed by atoms with Gasteiger partial charge in [0.2, 0.25) is 0 Å². The molecular formula is C20H31N3O4S. The summed E-state index contributed by atoms with van der Waals surface area (Å²) in [5.41, 5.74) is 0.759. The third-order valence-electron chi connectivity index (χ3n) is 4.75. The zero-order valence-electron chi connectivity index (χ0n) is 17.5. The van der Waals surface area contributed by atoms with Crippen LogP contribution in [0, 0.1) is 13.8 Å². The maximum atomic E-state index is 13.2. The molecule has 0 aliphatic carbocycles. The van der Waals surface area contributed by atoms with Crippen molar-refractivity contribution in [2.75, 3.05) is 32.9 Å². The lowest BCUT2D eigenvalue weighted by molar-refractivity contribution is -0.146. The molecular weight excluding hydrogens is 378 g/mol. The lowest BCUT2D eigenvalue weighted by atomic mass is 10.2. The van der Waals surface area contributed by atoms with E-state index in [-0.39, 0.29) is 18.7 Å². The predicted molar refractivity (Wildman–Crippen MR) is 112 cm³/mol. The fraction of sp³-hybridized carbons (Fsp3) is 0.650. The fourth-order valence-electron chi connectivity index (χ4n) is 2.94. The van der Waals surface area contributed by atoms with E-state index in [2.05, 4.69) is 18.7 Å². The van der Waals surface area contributed by atoms with E-state index in [4.69, 9.17) is 14.5 Å². The van der Waals surface area contributed by atoms with Crippen LogP contribution in [0.25, 0.3) is 10.2 Å². The van der Waals surface area contributed by atoms with Gasteiger partial charge in [-0.15, -0.1) is 11.3 Å². The van der Waals surface area contributed by atoms with Crippen molar-refractivity contribution in [3.05, 3.63) is 26.6 Å². The monoisotopic (exact) mass is 409 g/mol. The highest BCUT2D eigenvalue weighted by atomic mass is 32.1. The Bertz CT molecular complexity index is 855. The lowest BCUT2D eigenvalue weighted by Crippen LogP contribution is -2.33. The number of nitrogens with zero attached hydrogens (tertiary/aromatic N) is 3. The molecule has 8 heteroatoms. The number of aromatic nitrogens is 2. The van der Waals surface area contributed by atoms with Crippen LogP contribution in [-0.4, -0.2) is 53.3 Å². The number of carbonyl (C=O) groups is 1. The lowest BCUT2D eigenvalue weighted by Gasteiger charge is -2.20. The van der Waals surface area contributed by atoms with Gasteiger partial charge in [0.15, 0.2) is 0 Å². The van der Waals surface area contributed by atoms with E-state index < -0.39 is 5.97 Å². The minimum absolute atomic E-state index is 0.138. The number of esters is 1. The van der Waals surface area contributed by atoms with Gasteiger partial charge in [-0.25, -0.2) is 4.98 Å². The molecule has 0 unspecified atom stereocenters. The summed E-state index contributed by atoms with van der Waals surface area (Å²) in [6.45, 7) is 13.3. The second kappa shape index (κ2) is 10.7. The number of thiophene rings is 1. The smallest absolute Gasteiger partial charge is 0.326 e. The summed E-state index contributed by atoms with van der Waals surface area (Å²) >= 11 is 1.52. The van der Waals surface area contributed by atoms with Gasteiger partial charge in [0.05, 0.1) is 18.5 Å². The number of ether oxygens (including phenoxy) is 2. The van der Waals surface area contributed by atoms with E-state index in [9.17, 15) is 9.59 Å². The van der Waals surface area contributed by atoms with Crippen molar-refractivity contribution in [1.29, 1.82) is 0 Å². The molecule has 2 aromatic heterocycles. The van der Waals surface area contributed by atoms with Crippen LogP contribution < -0.4 is 5.56 Å². The molecule has 0 saturated carbocycles. The minimum Gasteiger partial charge on any atom is -0.462 e. The Balaban J connectivity index is 2.30. The number of aryl methyl sites for hydroxylation is 2. The molecule has 2 heterocycles. The maximum absolute atomic E-state index is 13.2. The van der Waals surface area contributed by atoms with Crippen molar-refractivity contribution >= 4 is 27.5 Å². The molecule has 0 bridgehead atoms. The van der Waals surface area contributed by atoms with Crippen molar-refractivity contribution in [2.45, 2.75) is 54.1 Å². The normalized spacial score (nSPS) is 11.5. The number of rotatable bonds is 11. The Hall–Kier alpha value is -1.77. The quantitative estimate of drug-likeness (QED) is 0.420. The van der Waals surface area contributed by atoms with Crippen LogP contribution in [0.5, 0.6) is 0 Å². The number of fused-ring (bicyclic) bond motifs is 1. The molecule has 28 heavy (non-hydrogen) atoms. The van der Waals surface area contributed by atoms with Crippen LogP contribution in [0.3, 0.4) is 0 Å².